The average molecular weight is 120 g/mol. The number of nitrogens with zero attached hydrogens (tertiary/aromatic N) is 2. The first kappa shape index (κ1) is 7.72. The first-order valence-electron chi connectivity index (χ1n) is 2.70. The van der Waals surface area contributed by atoms with Crippen molar-refractivity contribution in [3.63, 3.8) is 0 Å². The molecule has 0 heterocycles. The van der Waals surface area contributed by atoms with Crippen LogP contribution in [0.25, 0.3) is 4.85 Å². The molecule has 0 saturated carbocycles. The maximum Gasteiger partial charge on any atom is 0.258 e. The smallest absolute Gasteiger partial charge is 0.227 e. The third-order valence-electron chi connectivity index (χ3n) is 0.726. The lowest BCUT2D eigenvalue weighted by atomic mass is 10.2. The van der Waals surface area contributed by atoms with Crippen molar-refractivity contribution in [2.45, 2.75) is 13.8 Å². The average Bonchev–Trinajstić information content (AvgIpc) is 1.82. The molecule has 46 valence electrons. The van der Waals surface area contributed by atoms with Crippen LogP contribution >= 0.6 is 0 Å². The Morgan fingerprint density at radius 1 is 1.78 bits per heavy atom. The minimum absolute atomic E-state index is 0.185. The number of nitriles is 1. The van der Waals surface area contributed by atoms with Crippen LogP contribution < -0.4 is 0 Å². The van der Waals surface area contributed by atoms with Gasteiger partial charge in [-0.25, -0.2) is 10.1 Å². The summed E-state index contributed by atoms with van der Waals surface area (Å²) in [6.45, 7) is 10.4. The fourth-order valence-electron chi connectivity index (χ4n) is 0.415. The SMILES string of the molecule is [C-]#[N+]/C(C#N)=C\C(C)C. The van der Waals surface area contributed by atoms with Crippen LogP contribution in [-0.4, -0.2) is 0 Å². The van der Waals surface area contributed by atoms with Crippen molar-refractivity contribution in [2.75, 3.05) is 0 Å². The fourth-order valence-corrected chi connectivity index (χ4v) is 0.415. The second-order valence-electron chi connectivity index (χ2n) is 2.02. The van der Waals surface area contributed by atoms with Crippen LogP contribution in [0, 0.1) is 23.8 Å². The van der Waals surface area contributed by atoms with Crippen LogP contribution in [0.5, 0.6) is 0 Å². The molecule has 0 aliphatic heterocycles. The molecule has 0 aliphatic carbocycles. The topological polar surface area (TPSA) is 28.1 Å². The molecule has 2 nitrogen and oxygen atoms in total. The normalized spacial score (nSPS) is 10.6. The molecular weight excluding hydrogens is 112 g/mol. The van der Waals surface area contributed by atoms with E-state index in [1.54, 1.807) is 12.1 Å². The highest BCUT2D eigenvalue weighted by Crippen LogP contribution is 2.01. The van der Waals surface area contributed by atoms with Crippen molar-refractivity contribution in [2.24, 2.45) is 5.92 Å². The van der Waals surface area contributed by atoms with Gasteiger partial charge >= 0.3 is 0 Å². The van der Waals surface area contributed by atoms with Gasteiger partial charge in [0.2, 0.25) is 0 Å². The lowest BCUT2D eigenvalue weighted by Gasteiger charge is -1.90. The summed E-state index contributed by atoms with van der Waals surface area (Å²) in [5.41, 5.74) is 0.185. The Morgan fingerprint density at radius 2 is 2.33 bits per heavy atom. The summed E-state index contributed by atoms with van der Waals surface area (Å²) in [5.74, 6) is 0.286. The molecule has 0 saturated heterocycles. The van der Waals surface area contributed by atoms with Crippen LogP contribution in [-0.2, 0) is 0 Å². The van der Waals surface area contributed by atoms with E-state index in [9.17, 15) is 0 Å². The Balaban J connectivity index is 4.18. The molecule has 0 atom stereocenters. The van der Waals surface area contributed by atoms with Crippen LogP contribution in [0.3, 0.4) is 0 Å². The monoisotopic (exact) mass is 120 g/mol. The summed E-state index contributed by atoms with van der Waals surface area (Å²) < 4.78 is 0. The molecule has 2 heteroatoms. The Bertz CT molecular complexity index is 172. The lowest BCUT2D eigenvalue weighted by molar-refractivity contribution is 0.828. The van der Waals surface area contributed by atoms with Gasteiger partial charge in [-0.3, -0.25) is 0 Å². The molecular formula is C7H8N2. The molecule has 0 aromatic heterocycles. The Kier molecular flexibility index (Phi) is 3.16. The van der Waals surface area contributed by atoms with E-state index in [-0.39, 0.29) is 11.6 Å². The molecule has 0 rings (SSSR count). The summed E-state index contributed by atoms with van der Waals surface area (Å²) in [5, 5.41) is 8.24. The Morgan fingerprint density at radius 3 is 2.44 bits per heavy atom. The van der Waals surface area contributed by atoms with Crippen molar-refractivity contribution in [1.29, 1.82) is 5.26 Å². The van der Waals surface area contributed by atoms with Gasteiger partial charge in [-0.05, 0) is 5.92 Å². The van der Waals surface area contributed by atoms with E-state index in [2.05, 4.69) is 4.85 Å². The molecule has 0 fully saturated rings. The van der Waals surface area contributed by atoms with Crippen LogP contribution in [0.15, 0.2) is 11.8 Å². The molecule has 0 spiro atoms. The zero-order valence-corrected chi connectivity index (χ0v) is 5.55. The summed E-state index contributed by atoms with van der Waals surface area (Å²) in [7, 11) is 0. The Hall–Kier alpha value is -1.28. The number of rotatable bonds is 1. The summed E-state index contributed by atoms with van der Waals surface area (Å²) in [6, 6.07) is 1.79. The molecule has 0 bridgehead atoms. The van der Waals surface area contributed by atoms with Crippen molar-refractivity contribution in [3.8, 4) is 6.07 Å². The summed E-state index contributed by atoms with van der Waals surface area (Å²) in [6.07, 6.45) is 1.65. The first-order valence-corrected chi connectivity index (χ1v) is 2.70. The van der Waals surface area contributed by atoms with Crippen molar-refractivity contribution in [3.05, 3.63) is 23.2 Å². The molecule has 0 amide bonds. The van der Waals surface area contributed by atoms with Gasteiger partial charge in [0.05, 0.1) is 12.6 Å². The minimum atomic E-state index is 0.185. The van der Waals surface area contributed by atoms with Crippen molar-refractivity contribution < 1.29 is 0 Å². The van der Waals surface area contributed by atoms with E-state index in [0.717, 1.165) is 0 Å². The predicted octanol–water partition coefficient (Wildman–Crippen LogP) is 1.97. The standard InChI is InChI=1S/C7H8N2/c1-6(2)4-7(5-8)9-3/h4,6H,1-2H3/b7-4-. The van der Waals surface area contributed by atoms with Crippen LogP contribution in [0.4, 0.5) is 0 Å². The first-order chi connectivity index (χ1) is 4.20. The van der Waals surface area contributed by atoms with E-state index >= 15 is 0 Å². The van der Waals surface area contributed by atoms with E-state index in [0.29, 0.717) is 0 Å². The largest absolute Gasteiger partial charge is 0.258 e. The molecule has 0 aromatic rings. The number of hydrogen-bond acceptors (Lipinski definition) is 1. The van der Waals surface area contributed by atoms with Crippen LogP contribution in [0.2, 0.25) is 0 Å². The molecule has 0 radical (unpaired) electrons. The zero-order chi connectivity index (χ0) is 7.28. The predicted molar refractivity (Wildman–Crippen MR) is 35.1 cm³/mol. The molecule has 9 heavy (non-hydrogen) atoms. The third-order valence-corrected chi connectivity index (χ3v) is 0.726. The van der Waals surface area contributed by atoms with E-state index in [1.165, 1.54) is 0 Å². The van der Waals surface area contributed by atoms with Gasteiger partial charge in [0.1, 0.15) is 0 Å². The van der Waals surface area contributed by atoms with Crippen molar-refractivity contribution >= 4 is 0 Å². The quantitative estimate of drug-likeness (QED) is 0.384. The Labute approximate surface area is 55.2 Å². The number of hydrogen-bond donors (Lipinski definition) is 0. The van der Waals surface area contributed by atoms with Gasteiger partial charge in [-0.2, -0.15) is 0 Å². The fraction of sp³-hybridized carbons (Fsp3) is 0.429. The zero-order valence-electron chi connectivity index (χ0n) is 5.55. The molecule has 0 unspecified atom stereocenters. The molecule has 0 aromatic carbocycles. The highest BCUT2D eigenvalue weighted by Gasteiger charge is 1.92. The molecule has 0 N–H and O–H groups in total. The van der Waals surface area contributed by atoms with Gasteiger partial charge < -0.3 is 0 Å². The van der Waals surface area contributed by atoms with Crippen LogP contribution in [0.1, 0.15) is 13.8 Å². The van der Waals surface area contributed by atoms with Crippen molar-refractivity contribution in [1.82, 2.24) is 0 Å². The summed E-state index contributed by atoms with van der Waals surface area (Å²) in [4.78, 5) is 3.00. The summed E-state index contributed by atoms with van der Waals surface area (Å²) >= 11 is 0. The highest BCUT2D eigenvalue weighted by molar-refractivity contribution is 5.26. The number of allylic oxidation sites excluding steroid dienone is 2. The van der Waals surface area contributed by atoms with Gasteiger partial charge in [-0.15, -0.1) is 0 Å². The second kappa shape index (κ2) is 3.69. The lowest BCUT2D eigenvalue weighted by Crippen LogP contribution is -1.79. The van der Waals surface area contributed by atoms with E-state index < -0.39 is 0 Å². The maximum atomic E-state index is 8.24. The van der Waals surface area contributed by atoms with Gasteiger partial charge in [0, 0.05) is 0 Å². The highest BCUT2D eigenvalue weighted by atomic mass is 14.7. The third kappa shape index (κ3) is 3.32. The van der Waals surface area contributed by atoms with Gasteiger partial charge in [0.25, 0.3) is 5.70 Å². The van der Waals surface area contributed by atoms with Gasteiger partial charge in [0.15, 0.2) is 0 Å². The van der Waals surface area contributed by atoms with Gasteiger partial charge in [-0.1, -0.05) is 19.9 Å². The minimum Gasteiger partial charge on any atom is -0.227 e. The maximum absolute atomic E-state index is 8.24. The van der Waals surface area contributed by atoms with E-state index in [1.807, 2.05) is 13.8 Å². The van der Waals surface area contributed by atoms with E-state index in [4.69, 9.17) is 11.8 Å². The second-order valence-corrected chi connectivity index (χ2v) is 2.02. The molecule has 0 aliphatic rings.